The SMILES string of the molecule is CCCc1c(C)cc(CCNC)nc1-c1ccc(F)cc1. The van der Waals surface area contributed by atoms with Crippen molar-refractivity contribution in [1.29, 1.82) is 0 Å². The van der Waals surface area contributed by atoms with Gasteiger partial charge in [0.15, 0.2) is 0 Å². The normalized spacial score (nSPS) is 10.9. The molecule has 0 aliphatic rings. The zero-order valence-corrected chi connectivity index (χ0v) is 13.0. The molecule has 0 radical (unpaired) electrons. The van der Waals surface area contributed by atoms with E-state index in [1.165, 1.54) is 23.3 Å². The Morgan fingerprint density at radius 3 is 2.48 bits per heavy atom. The van der Waals surface area contributed by atoms with Crippen molar-refractivity contribution in [3.05, 3.63) is 53.0 Å². The molecule has 0 spiro atoms. The number of hydrogen-bond donors (Lipinski definition) is 1. The van der Waals surface area contributed by atoms with Gasteiger partial charge in [0.25, 0.3) is 0 Å². The number of likely N-dealkylation sites (N-methyl/N-ethyl adjacent to an activating group) is 1. The molecule has 2 nitrogen and oxygen atoms in total. The molecule has 21 heavy (non-hydrogen) atoms. The molecule has 0 aliphatic carbocycles. The molecule has 1 N–H and O–H groups in total. The van der Waals surface area contributed by atoms with Crippen LogP contribution in [0.2, 0.25) is 0 Å². The summed E-state index contributed by atoms with van der Waals surface area (Å²) < 4.78 is 13.1. The number of hydrogen-bond acceptors (Lipinski definition) is 2. The summed E-state index contributed by atoms with van der Waals surface area (Å²) in [4.78, 5) is 4.83. The molecule has 0 aliphatic heterocycles. The first-order valence-electron chi connectivity index (χ1n) is 7.55. The van der Waals surface area contributed by atoms with E-state index in [-0.39, 0.29) is 5.82 Å². The molecule has 3 heteroatoms. The molecular formula is C18H23FN2. The summed E-state index contributed by atoms with van der Waals surface area (Å²) in [5.74, 6) is -0.209. The number of nitrogens with one attached hydrogen (secondary N) is 1. The summed E-state index contributed by atoms with van der Waals surface area (Å²) in [6.45, 7) is 5.22. The molecule has 2 aromatic rings. The molecule has 0 unspecified atom stereocenters. The van der Waals surface area contributed by atoms with E-state index in [9.17, 15) is 4.39 Å². The maximum Gasteiger partial charge on any atom is 0.123 e. The standard InChI is InChI=1S/C18H23FN2/c1-4-5-17-13(2)12-16(10-11-20-3)21-18(17)14-6-8-15(19)9-7-14/h6-9,12,20H,4-5,10-11H2,1-3H3. The van der Waals surface area contributed by atoms with Crippen LogP contribution in [0.1, 0.15) is 30.2 Å². The van der Waals surface area contributed by atoms with Crippen LogP contribution in [0.5, 0.6) is 0 Å². The summed E-state index contributed by atoms with van der Waals surface area (Å²) in [5, 5.41) is 3.15. The van der Waals surface area contributed by atoms with E-state index in [0.29, 0.717) is 0 Å². The predicted molar refractivity (Wildman–Crippen MR) is 86.0 cm³/mol. The Hall–Kier alpha value is -1.74. The Morgan fingerprint density at radius 2 is 1.86 bits per heavy atom. The maximum atomic E-state index is 13.1. The van der Waals surface area contributed by atoms with E-state index in [0.717, 1.165) is 42.8 Å². The monoisotopic (exact) mass is 286 g/mol. The minimum atomic E-state index is -0.209. The van der Waals surface area contributed by atoms with Gasteiger partial charge in [-0.25, -0.2) is 4.39 Å². The van der Waals surface area contributed by atoms with Crippen molar-refractivity contribution >= 4 is 0 Å². The van der Waals surface area contributed by atoms with Crippen LogP contribution in [0.3, 0.4) is 0 Å². The lowest BCUT2D eigenvalue weighted by Gasteiger charge is -2.14. The molecule has 0 bridgehead atoms. The van der Waals surface area contributed by atoms with Crippen LogP contribution >= 0.6 is 0 Å². The van der Waals surface area contributed by atoms with Gasteiger partial charge in [-0.15, -0.1) is 0 Å². The number of halogens is 1. The second-order valence-electron chi connectivity index (χ2n) is 5.37. The van der Waals surface area contributed by atoms with Gasteiger partial charge in [-0.1, -0.05) is 13.3 Å². The van der Waals surface area contributed by atoms with E-state index in [1.807, 2.05) is 19.2 Å². The number of nitrogens with zero attached hydrogens (tertiary/aromatic N) is 1. The third-order valence-corrected chi connectivity index (χ3v) is 3.65. The van der Waals surface area contributed by atoms with Gasteiger partial charge in [-0.05, 0) is 61.9 Å². The topological polar surface area (TPSA) is 24.9 Å². The smallest absolute Gasteiger partial charge is 0.123 e. The van der Waals surface area contributed by atoms with Crippen LogP contribution in [0, 0.1) is 12.7 Å². The zero-order chi connectivity index (χ0) is 15.2. The Balaban J connectivity index is 2.48. The van der Waals surface area contributed by atoms with E-state index in [4.69, 9.17) is 4.98 Å². The summed E-state index contributed by atoms with van der Waals surface area (Å²) in [7, 11) is 1.94. The van der Waals surface area contributed by atoms with Gasteiger partial charge in [0.2, 0.25) is 0 Å². The van der Waals surface area contributed by atoms with Crippen LogP contribution in [0.15, 0.2) is 30.3 Å². The van der Waals surface area contributed by atoms with E-state index >= 15 is 0 Å². The van der Waals surface area contributed by atoms with Crippen molar-refractivity contribution in [2.75, 3.05) is 13.6 Å². The molecular weight excluding hydrogens is 263 g/mol. The molecule has 2 rings (SSSR count). The molecule has 1 aromatic carbocycles. The fraction of sp³-hybridized carbons (Fsp3) is 0.389. The summed E-state index contributed by atoms with van der Waals surface area (Å²) in [6, 6.07) is 8.82. The highest BCUT2D eigenvalue weighted by molar-refractivity contribution is 5.65. The van der Waals surface area contributed by atoms with E-state index < -0.39 is 0 Å². The van der Waals surface area contributed by atoms with Gasteiger partial charge in [0.1, 0.15) is 5.82 Å². The first-order chi connectivity index (χ1) is 10.2. The highest BCUT2D eigenvalue weighted by Crippen LogP contribution is 2.26. The van der Waals surface area contributed by atoms with E-state index in [1.54, 1.807) is 0 Å². The van der Waals surface area contributed by atoms with Crippen molar-refractivity contribution in [3.8, 4) is 11.3 Å². The van der Waals surface area contributed by atoms with Crippen molar-refractivity contribution in [2.24, 2.45) is 0 Å². The molecule has 0 amide bonds. The minimum absolute atomic E-state index is 0.209. The average Bonchev–Trinajstić information content (AvgIpc) is 2.48. The van der Waals surface area contributed by atoms with Gasteiger partial charge in [0.05, 0.1) is 5.69 Å². The molecule has 0 saturated carbocycles. The first kappa shape index (κ1) is 15.6. The number of aromatic nitrogens is 1. The molecule has 1 heterocycles. The fourth-order valence-electron chi connectivity index (χ4n) is 2.56. The quantitative estimate of drug-likeness (QED) is 0.871. The van der Waals surface area contributed by atoms with Crippen molar-refractivity contribution < 1.29 is 4.39 Å². The minimum Gasteiger partial charge on any atom is -0.319 e. The Labute approximate surface area is 126 Å². The Bertz CT molecular complexity index is 591. The maximum absolute atomic E-state index is 13.1. The molecule has 0 atom stereocenters. The van der Waals surface area contributed by atoms with E-state index in [2.05, 4.69) is 25.2 Å². The van der Waals surface area contributed by atoms with Crippen LogP contribution in [-0.4, -0.2) is 18.6 Å². The first-order valence-corrected chi connectivity index (χ1v) is 7.55. The van der Waals surface area contributed by atoms with Crippen LogP contribution in [-0.2, 0) is 12.8 Å². The van der Waals surface area contributed by atoms with Gasteiger partial charge in [-0.3, -0.25) is 4.98 Å². The third-order valence-electron chi connectivity index (χ3n) is 3.65. The Morgan fingerprint density at radius 1 is 1.14 bits per heavy atom. The van der Waals surface area contributed by atoms with Gasteiger partial charge in [-0.2, -0.15) is 0 Å². The average molecular weight is 286 g/mol. The molecule has 0 fully saturated rings. The molecule has 112 valence electrons. The second kappa shape index (κ2) is 7.32. The number of rotatable bonds is 6. The predicted octanol–water partition coefficient (Wildman–Crippen LogP) is 3.91. The van der Waals surface area contributed by atoms with Gasteiger partial charge < -0.3 is 5.32 Å². The fourth-order valence-corrected chi connectivity index (χ4v) is 2.56. The number of pyridine rings is 1. The summed E-state index contributed by atoms with van der Waals surface area (Å²) in [5.41, 5.74) is 5.63. The summed E-state index contributed by atoms with van der Waals surface area (Å²) >= 11 is 0. The summed E-state index contributed by atoms with van der Waals surface area (Å²) in [6.07, 6.45) is 2.97. The van der Waals surface area contributed by atoms with Crippen LogP contribution in [0.25, 0.3) is 11.3 Å². The van der Waals surface area contributed by atoms with Crippen molar-refractivity contribution in [2.45, 2.75) is 33.1 Å². The highest BCUT2D eigenvalue weighted by Gasteiger charge is 2.11. The lowest BCUT2D eigenvalue weighted by atomic mass is 9.97. The van der Waals surface area contributed by atoms with Crippen molar-refractivity contribution in [3.63, 3.8) is 0 Å². The zero-order valence-electron chi connectivity index (χ0n) is 13.0. The molecule has 0 saturated heterocycles. The lowest BCUT2D eigenvalue weighted by Crippen LogP contribution is -2.12. The molecule has 1 aromatic heterocycles. The van der Waals surface area contributed by atoms with Crippen LogP contribution < -0.4 is 5.32 Å². The van der Waals surface area contributed by atoms with Gasteiger partial charge in [0, 0.05) is 24.2 Å². The number of aryl methyl sites for hydroxylation is 1. The third kappa shape index (κ3) is 3.88. The second-order valence-corrected chi connectivity index (χ2v) is 5.37. The number of benzene rings is 1. The largest absolute Gasteiger partial charge is 0.319 e. The van der Waals surface area contributed by atoms with Crippen molar-refractivity contribution in [1.82, 2.24) is 10.3 Å². The van der Waals surface area contributed by atoms with Crippen LogP contribution in [0.4, 0.5) is 4.39 Å². The van der Waals surface area contributed by atoms with Gasteiger partial charge >= 0.3 is 0 Å². The lowest BCUT2D eigenvalue weighted by molar-refractivity contribution is 0.628. The Kier molecular flexibility index (Phi) is 5.45. The highest BCUT2D eigenvalue weighted by atomic mass is 19.1.